The van der Waals surface area contributed by atoms with E-state index in [9.17, 15) is 13.2 Å². The molecule has 112 valence electrons. The van der Waals surface area contributed by atoms with Crippen LogP contribution in [0.15, 0.2) is 42.6 Å². The number of halogens is 3. The summed E-state index contributed by atoms with van der Waals surface area (Å²) in [6.45, 7) is 1.80. The van der Waals surface area contributed by atoms with Gasteiger partial charge in [0, 0.05) is 11.9 Å². The summed E-state index contributed by atoms with van der Waals surface area (Å²) in [6.07, 6.45) is -3.09. The molecule has 0 aliphatic rings. The molecule has 0 amide bonds. The summed E-state index contributed by atoms with van der Waals surface area (Å²) in [5.74, 6) is 5.25. The quantitative estimate of drug-likeness (QED) is 0.673. The van der Waals surface area contributed by atoms with E-state index in [1.54, 1.807) is 25.3 Å². The molecule has 1 atom stereocenters. The highest BCUT2D eigenvalue weighted by Gasteiger charge is 2.31. The van der Waals surface area contributed by atoms with Gasteiger partial charge in [-0.1, -0.05) is 18.2 Å². The smallest absolute Gasteiger partial charge is 0.406 e. The minimum absolute atomic E-state index is 0.290. The molecule has 0 fully saturated rings. The number of nitrogens with zero attached hydrogens (tertiary/aromatic N) is 1. The molecule has 0 saturated carbocycles. The lowest BCUT2D eigenvalue weighted by atomic mass is 9.98. The molecule has 7 heteroatoms. The molecular weight excluding hydrogens is 283 g/mol. The molecule has 1 unspecified atom stereocenters. The molecule has 21 heavy (non-hydrogen) atoms. The summed E-state index contributed by atoms with van der Waals surface area (Å²) in [5.41, 5.74) is 4.66. The molecule has 2 rings (SSSR count). The number of nitrogens with one attached hydrogen (secondary N) is 1. The van der Waals surface area contributed by atoms with Crippen molar-refractivity contribution in [3.05, 3.63) is 59.4 Å². The highest BCUT2D eigenvalue weighted by Crippen LogP contribution is 2.28. The molecule has 4 nitrogen and oxygen atoms in total. The molecule has 0 saturated heterocycles. The van der Waals surface area contributed by atoms with Crippen molar-refractivity contribution < 1.29 is 17.9 Å². The van der Waals surface area contributed by atoms with Crippen molar-refractivity contribution in [3.63, 3.8) is 0 Å². The van der Waals surface area contributed by atoms with Crippen LogP contribution in [0.25, 0.3) is 0 Å². The van der Waals surface area contributed by atoms with Gasteiger partial charge in [0.15, 0.2) is 0 Å². The first-order chi connectivity index (χ1) is 9.90. The van der Waals surface area contributed by atoms with Crippen LogP contribution in [0.5, 0.6) is 5.75 Å². The first-order valence-electron chi connectivity index (χ1n) is 6.14. The molecule has 1 aromatic heterocycles. The third-order valence-electron chi connectivity index (χ3n) is 2.95. The third kappa shape index (κ3) is 3.93. The largest absolute Gasteiger partial charge is 0.573 e. The predicted octanol–water partition coefficient (Wildman–Crippen LogP) is 2.84. The van der Waals surface area contributed by atoms with Gasteiger partial charge in [-0.25, -0.2) is 5.43 Å². The number of benzene rings is 1. The maximum Gasteiger partial charge on any atom is 0.573 e. The maximum absolute atomic E-state index is 12.3. The zero-order valence-corrected chi connectivity index (χ0v) is 11.2. The van der Waals surface area contributed by atoms with Gasteiger partial charge in [-0.2, -0.15) is 0 Å². The van der Waals surface area contributed by atoms with Gasteiger partial charge in [0.1, 0.15) is 5.75 Å². The number of hydrogen-bond acceptors (Lipinski definition) is 4. The minimum atomic E-state index is -4.73. The van der Waals surface area contributed by atoms with E-state index in [-0.39, 0.29) is 5.75 Å². The van der Waals surface area contributed by atoms with Crippen LogP contribution in [0.3, 0.4) is 0 Å². The van der Waals surface area contributed by atoms with Crippen molar-refractivity contribution in [2.75, 3.05) is 0 Å². The fourth-order valence-corrected chi connectivity index (χ4v) is 2.06. The topological polar surface area (TPSA) is 60.2 Å². The monoisotopic (exact) mass is 297 g/mol. The van der Waals surface area contributed by atoms with Crippen molar-refractivity contribution >= 4 is 0 Å². The molecule has 0 bridgehead atoms. The number of hydrazine groups is 1. The predicted molar refractivity (Wildman–Crippen MR) is 71.3 cm³/mol. The lowest BCUT2D eigenvalue weighted by molar-refractivity contribution is -0.274. The second kappa shape index (κ2) is 6.11. The number of nitrogens with two attached hydrogens (primary N) is 1. The van der Waals surface area contributed by atoms with Gasteiger partial charge < -0.3 is 4.74 Å². The molecule has 0 aliphatic heterocycles. The first-order valence-corrected chi connectivity index (χ1v) is 6.14. The number of alkyl halides is 3. The van der Waals surface area contributed by atoms with Crippen LogP contribution in [-0.4, -0.2) is 11.3 Å². The molecule has 0 radical (unpaired) electrons. The van der Waals surface area contributed by atoms with E-state index in [0.717, 1.165) is 11.3 Å². The second-order valence-corrected chi connectivity index (χ2v) is 4.40. The number of ether oxygens (including phenoxy) is 1. The number of aryl methyl sites for hydroxylation is 1. The van der Waals surface area contributed by atoms with Gasteiger partial charge in [-0.05, 0) is 36.2 Å². The maximum atomic E-state index is 12.3. The van der Waals surface area contributed by atoms with E-state index in [2.05, 4.69) is 15.1 Å². The fraction of sp³-hybridized carbons (Fsp3) is 0.214. The van der Waals surface area contributed by atoms with Crippen LogP contribution >= 0.6 is 0 Å². The van der Waals surface area contributed by atoms with Gasteiger partial charge in [0.25, 0.3) is 0 Å². The van der Waals surface area contributed by atoms with Gasteiger partial charge in [0.05, 0.1) is 6.04 Å². The van der Waals surface area contributed by atoms with Crippen LogP contribution in [-0.2, 0) is 0 Å². The minimum Gasteiger partial charge on any atom is -0.406 e. The first kappa shape index (κ1) is 15.3. The Morgan fingerprint density at radius 3 is 2.62 bits per heavy atom. The number of pyridine rings is 1. The van der Waals surface area contributed by atoms with Gasteiger partial charge in [-0.15, -0.1) is 13.2 Å². The van der Waals surface area contributed by atoms with Crippen LogP contribution in [0.2, 0.25) is 0 Å². The van der Waals surface area contributed by atoms with E-state index in [4.69, 9.17) is 5.84 Å². The molecule has 0 aliphatic carbocycles. The van der Waals surface area contributed by atoms with Crippen LogP contribution in [0, 0.1) is 6.92 Å². The van der Waals surface area contributed by atoms with Crippen LogP contribution in [0.4, 0.5) is 13.2 Å². The Hall–Kier alpha value is -2.12. The molecular formula is C14H14F3N3O. The lowest BCUT2D eigenvalue weighted by Crippen LogP contribution is -2.29. The molecule has 1 heterocycles. The molecule has 2 aromatic rings. The van der Waals surface area contributed by atoms with Crippen LogP contribution in [0.1, 0.15) is 22.9 Å². The Balaban J connectivity index is 2.35. The van der Waals surface area contributed by atoms with Crippen molar-refractivity contribution in [3.8, 4) is 5.75 Å². The van der Waals surface area contributed by atoms with Gasteiger partial charge >= 0.3 is 6.36 Å². The average molecular weight is 297 g/mol. The third-order valence-corrected chi connectivity index (χ3v) is 2.95. The number of rotatable bonds is 4. The summed E-state index contributed by atoms with van der Waals surface area (Å²) >= 11 is 0. The summed E-state index contributed by atoms with van der Waals surface area (Å²) in [4.78, 5) is 4.15. The molecule has 0 spiro atoms. The molecule has 1 aromatic carbocycles. The Morgan fingerprint density at radius 1 is 1.24 bits per heavy atom. The van der Waals surface area contributed by atoms with Crippen molar-refractivity contribution in [1.82, 2.24) is 10.4 Å². The summed E-state index contributed by atoms with van der Waals surface area (Å²) < 4.78 is 40.7. The van der Waals surface area contributed by atoms with E-state index in [0.29, 0.717) is 5.56 Å². The second-order valence-electron chi connectivity index (χ2n) is 4.40. The molecule has 3 N–H and O–H groups in total. The Labute approximate surface area is 119 Å². The van der Waals surface area contributed by atoms with Gasteiger partial charge in [-0.3, -0.25) is 10.8 Å². The van der Waals surface area contributed by atoms with Gasteiger partial charge in [0.2, 0.25) is 0 Å². The van der Waals surface area contributed by atoms with E-state index >= 15 is 0 Å². The lowest BCUT2D eigenvalue weighted by Gasteiger charge is -2.19. The zero-order valence-electron chi connectivity index (χ0n) is 11.2. The van der Waals surface area contributed by atoms with E-state index in [1.165, 1.54) is 18.2 Å². The standard InChI is InChI=1S/C14H14F3N3O/c1-9-12(6-3-7-19-9)13(20-18)10-4-2-5-11(8-10)21-14(15,16)17/h2-8,13,20H,18H2,1H3. The highest BCUT2D eigenvalue weighted by molar-refractivity contribution is 5.37. The summed E-state index contributed by atoms with van der Waals surface area (Å²) in [7, 11) is 0. The Morgan fingerprint density at radius 2 is 2.00 bits per heavy atom. The average Bonchev–Trinajstić information content (AvgIpc) is 2.40. The van der Waals surface area contributed by atoms with Crippen LogP contribution < -0.4 is 16.0 Å². The van der Waals surface area contributed by atoms with E-state index in [1.807, 2.05) is 6.07 Å². The number of hydrogen-bond donors (Lipinski definition) is 2. The fourth-order valence-electron chi connectivity index (χ4n) is 2.06. The van der Waals surface area contributed by atoms with Crippen molar-refractivity contribution in [2.45, 2.75) is 19.3 Å². The van der Waals surface area contributed by atoms with E-state index < -0.39 is 12.4 Å². The normalized spacial score (nSPS) is 13.0. The Bertz CT molecular complexity index is 616. The number of aromatic nitrogens is 1. The summed E-state index contributed by atoms with van der Waals surface area (Å²) in [6, 6.07) is 8.75. The SMILES string of the molecule is Cc1ncccc1C(NN)c1cccc(OC(F)(F)F)c1. The highest BCUT2D eigenvalue weighted by atomic mass is 19.4. The Kier molecular flexibility index (Phi) is 4.44. The summed E-state index contributed by atoms with van der Waals surface area (Å²) in [5, 5.41) is 0. The van der Waals surface area contributed by atoms with Crippen molar-refractivity contribution in [1.29, 1.82) is 0 Å². The zero-order chi connectivity index (χ0) is 15.5. The van der Waals surface area contributed by atoms with Crippen molar-refractivity contribution in [2.24, 2.45) is 5.84 Å².